The average Bonchev–Trinajstić information content (AvgIpc) is 3.63. The Morgan fingerprint density at radius 1 is 1.13 bits per heavy atom. The number of pyridine rings is 1. The summed E-state index contributed by atoms with van der Waals surface area (Å²) in [5.41, 5.74) is 4.71. The monoisotopic (exact) mass is 563 g/mol. The van der Waals surface area contributed by atoms with Crippen molar-refractivity contribution in [1.82, 2.24) is 15.2 Å². The number of carbonyl (C=O) groups excluding carboxylic acids is 2. The molecule has 39 heavy (non-hydrogen) atoms. The molecule has 4 N–H and O–H groups in total. The van der Waals surface area contributed by atoms with E-state index < -0.39 is 30.3 Å². The number of H-pyrrole nitrogens is 1. The summed E-state index contributed by atoms with van der Waals surface area (Å²) < 4.78 is 75.0. The van der Waals surface area contributed by atoms with E-state index >= 15 is 0 Å². The lowest BCUT2D eigenvalue weighted by Crippen LogP contribution is -2.17. The topological polar surface area (TPSA) is 136 Å². The fourth-order valence-electron chi connectivity index (χ4n) is 3.74. The third-order valence-corrected chi connectivity index (χ3v) is 6.50. The number of furan rings is 1. The standard InChI is InChI=1S/C24H14F5N5O4S/c25-23(26)38-11-5-3-10(4-6-11)13-9-14(34-33-13)21(36)32-18-17-12(15-2-1-7-37-15)8-16(24(27,28)29)31-22(17)39-19(18)20(30)35/h1-9,23H,(H2,30,35)(H,32,36)(H,33,34). The van der Waals surface area contributed by atoms with Gasteiger partial charge in [-0.05, 0) is 48.5 Å². The fraction of sp³-hybridized carbons (Fsp3) is 0.0833. The number of rotatable bonds is 7. The number of amides is 2. The third-order valence-electron chi connectivity index (χ3n) is 5.40. The lowest BCUT2D eigenvalue weighted by molar-refractivity contribution is -0.140. The van der Waals surface area contributed by atoms with Crippen LogP contribution in [0.2, 0.25) is 0 Å². The van der Waals surface area contributed by atoms with E-state index in [0.717, 1.165) is 6.07 Å². The average molecular weight is 563 g/mol. The number of benzene rings is 1. The third kappa shape index (κ3) is 5.16. The van der Waals surface area contributed by atoms with Crippen molar-refractivity contribution >= 4 is 39.1 Å². The molecule has 0 unspecified atom stereocenters. The molecule has 5 rings (SSSR count). The molecular weight excluding hydrogens is 549 g/mol. The number of ether oxygens (including phenoxy) is 1. The predicted molar refractivity (Wildman–Crippen MR) is 129 cm³/mol. The van der Waals surface area contributed by atoms with E-state index in [0.29, 0.717) is 16.9 Å². The minimum atomic E-state index is -4.80. The van der Waals surface area contributed by atoms with E-state index in [1.54, 1.807) is 0 Å². The Balaban J connectivity index is 1.53. The smallest absolute Gasteiger partial charge is 0.433 e. The van der Waals surface area contributed by atoms with Crippen LogP contribution in [0.4, 0.5) is 27.6 Å². The number of primary amides is 1. The first-order valence-electron chi connectivity index (χ1n) is 10.8. The number of alkyl halides is 5. The summed E-state index contributed by atoms with van der Waals surface area (Å²) in [6, 6.07) is 10.5. The van der Waals surface area contributed by atoms with Crippen LogP contribution in [-0.4, -0.2) is 33.6 Å². The highest BCUT2D eigenvalue weighted by molar-refractivity contribution is 7.21. The molecule has 1 aromatic carbocycles. The molecule has 15 heteroatoms. The Morgan fingerprint density at radius 3 is 2.49 bits per heavy atom. The van der Waals surface area contributed by atoms with Crippen LogP contribution in [0.15, 0.2) is 59.2 Å². The quantitative estimate of drug-likeness (QED) is 0.211. The number of halogens is 5. The van der Waals surface area contributed by atoms with Crippen LogP contribution in [0, 0.1) is 0 Å². The Kier molecular flexibility index (Phi) is 6.51. The normalized spacial score (nSPS) is 11.7. The maximum absolute atomic E-state index is 13.6. The molecule has 0 saturated heterocycles. The zero-order valence-electron chi connectivity index (χ0n) is 19.2. The van der Waals surface area contributed by atoms with Crippen molar-refractivity contribution in [3.63, 3.8) is 0 Å². The van der Waals surface area contributed by atoms with Gasteiger partial charge in [0.05, 0.1) is 17.6 Å². The SMILES string of the molecule is NC(=O)c1sc2nc(C(F)(F)F)cc(-c3ccco3)c2c1NC(=O)c1cc(-c2ccc(OC(F)F)cc2)n[nH]1. The summed E-state index contributed by atoms with van der Waals surface area (Å²) in [5.74, 6) is -1.82. The Bertz CT molecular complexity index is 1680. The van der Waals surface area contributed by atoms with Gasteiger partial charge in [-0.2, -0.15) is 27.1 Å². The molecule has 4 aromatic heterocycles. The molecule has 5 aromatic rings. The molecule has 0 fully saturated rings. The van der Waals surface area contributed by atoms with Gasteiger partial charge in [0.1, 0.15) is 32.6 Å². The summed E-state index contributed by atoms with van der Waals surface area (Å²) >= 11 is 0.585. The first-order chi connectivity index (χ1) is 18.5. The van der Waals surface area contributed by atoms with E-state index in [1.165, 1.54) is 48.7 Å². The van der Waals surface area contributed by atoms with E-state index in [9.17, 15) is 31.5 Å². The van der Waals surface area contributed by atoms with Crippen LogP contribution in [0.25, 0.3) is 32.8 Å². The number of nitrogens with zero attached hydrogens (tertiary/aromatic N) is 2. The summed E-state index contributed by atoms with van der Waals surface area (Å²) in [4.78, 5) is 28.5. The van der Waals surface area contributed by atoms with Crippen molar-refractivity contribution in [1.29, 1.82) is 0 Å². The predicted octanol–water partition coefficient (Wildman–Crippen LogP) is 5.92. The lowest BCUT2D eigenvalue weighted by atomic mass is 10.1. The summed E-state index contributed by atoms with van der Waals surface area (Å²) in [5, 5.41) is 9.10. The molecule has 0 bridgehead atoms. The number of aromatic nitrogens is 3. The van der Waals surface area contributed by atoms with Gasteiger partial charge in [0, 0.05) is 16.5 Å². The Hall–Kier alpha value is -4.79. The summed E-state index contributed by atoms with van der Waals surface area (Å²) in [7, 11) is 0. The van der Waals surface area contributed by atoms with Gasteiger partial charge in [-0.15, -0.1) is 11.3 Å². The molecular formula is C24H14F5N5O4S. The maximum Gasteiger partial charge on any atom is 0.433 e. The number of anilines is 1. The van der Waals surface area contributed by atoms with Gasteiger partial charge >= 0.3 is 12.8 Å². The largest absolute Gasteiger partial charge is 0.464 e. The second kappa shape index (κ2) is 9.83. The molecule has 4 heterocycles. The first-order valence-corrected chi connectivity index (χ1v) is 11.6. The minimum Gasteiger partial charge on any atom is -0.464 e. The van der Waals surface area contributed by atoms with E-state index in [1.807, 2.05) is 0 Å². The molecule has 0 atom stereocenters. The molecule has 9 nitrogen and oxygen atoms in total. The van der Waals surface area contributed by atoms with Crippen LogP contribution in [0.1, 0.15) is 25.9 Å². The van der Waals surface area contributed by atoms with E-state index in [2.05, 4.69) is 25.2 Å². The number of hydrogen-bond donors (Lipinski definition) is 3. The lowest BCUT2D eigenvalue weighted by Gasteiger charge is -2.10. The van der Waals surface area contributed by atoms with Gasteiger partial charge in [-0.25, -0.2) is 4.98 Å². The van der Waals surface area contributed by atoms with Crippen LogP contribution >= 0.6 is 11.3 Å². The van der Waals surface area contributed by atoms with Crippen LogP contribution < -0.4 is 15.8 Å². The van der Waals surface area contributed by atoms with E-state index in [4.69, 9.17) is 10.2 Å². The molecule has 0 saturated carbocycles. The highest BCUT2D eigenvalue weighted by atomic mass is 32.1. The molecule has 200 valence electrons. The molecule has 0 radical (unpaired) electrons. The second-order valence-corrected chi connectivity index (χ2v) is 8.90. The van der Waals surface area contributed by atoms with Crippen molar-refractivity contribution in [3.05, 3.63) is 71.1 Å². The minimum absolute atomic E-state index is 0.0273. The van der Waals surface area contributed by atoms with Gasteiger partial charge in [0.25, 0.3) is 11.8 Å². The number of carbonyl (C=O) groups is 2. The molecule has 0 aliphatic rings. The number of thiophene rings is 1. The van der Waals surface area contributed by atoms with Gasteiger partial charge in [0.2, 0.25) is 0 Å². The van der Waals surface area contributed by atoms with Crippen LogP contribution in [-0.2, 0) is 6.18 Å². The zero-order valence-corrected chi connectivity index (χ0v) is 20.0. The number of fused-ring (bicyclic) bond motifs is 1. The van der Waals surface area contributed by atoms with E-state index in [-0.39, 0.29) is 49.2 Å². The number of aromatic amines is 1. The fourth-order valence-corrected chi connectivity index (χ4v) is 4.74. The zero-order chi connectivity index (χ0) is 27.9. The van der Waals surface area contributed by atoms with Crippen molar-refractivity contribution < 1.29 is 40.7 Å². The highest BCUT2D eigenvalue weighted by Gasteiger charge is 2.35. The van der Waals surface area contributed by atoms with Crippen molar-refractivity contribution in [3.8, 4) is 28.3 Å². The van der Waals surface area contributed by atoms with Gasteiger partial charge in [-0.3, -0.25) is 14.7 Å². The van der Waals surface area contributed by atoms with Crippen LogP contribution in [0.5, 0.6) is 5.75 Å². The van der Waals surface area contributed by atoms with Crippen molar-refractivity contribution in [2.24, 2.45) is 5.73 Å². The highest BCUT2D eigenvalue weighted by Crippen LogP contribution is 2.43. The van der Waals surface area contributed by atoms with Gasteiger partial charge < -0.3 is 20.2 Å². The van der Waals surface area contributed by atoms with Gasteiger partial charge in [0.15, 0.2) is 0 Å². The second-order valence-electron chi connectivity index (χ2n) is 7.90. The van der Waals surface area contributed by atoms with Gasteiger partial charge in [-0.1, -0.05) is 0 Å². The van der Waals surface area contributed by atoms with Crippen molar-refractivity contribution in [2.45, 2.75) is 12.8 Å². The molecule has 0 aliphatic heterocycles. The summed E-state index contributed by atoms with van der Waals surface area (Å²) in [6.45, 7) is -2.99. The Labute approximate surface area is 218 Å². The molecule has 0 spiro atoms. The Morgan fingerprint density at radius 2 is 1.87 bits per heavy atom. The number of nitrogens with two attached hydrogens (primary N) is 1. The number of nitrogens with one attached hydrogen (secondary N) is 2. The molecule has 2 amide bonds. The number of hydrogen-bond acceptors (Lipinski definition) is 7. The molecule has 0 aliphatic carbocycles. The maximum atomic E-state index is 13.6. The van der Waals surface area contributed by atoms with Crippen LogP contribution in [0.3, 0.4) is 0 Å². The first kappa shape index (κ1) is 25.8. The summed E-state index contributed by atoms with van der Waals surface area (Å²) in [6.07, 6.45) is -3.54. The van der Waals surface area contributed by atoms with Crippen molar-refractivity contribution in [2.75, 3.05) is 5.32 Å².